The fourth-order valence-corrected chi connectivity index (χ4v) is 4.20. The van der Waals surface area contributed by atoms with E-state index in [1.165, 1.54) is 0 Å². The molecule has 6 heteroatoms. The third-order valence-electron chi connectivity index (χ3n) is 5.98. The molecule has 3 aromatic rings. The zero-order chi connectivity index (χ0) is 22.6. The highest BCUT2D eigenvalue weighted by Gasteiger charge is 2.59. The molecule has 1 aliphatic heterocycles. The van der Waals surface area contributed by atoms with E-state index < -0.39 is 28.8 Å². The van der Waals surface area contributed by atoms with E-state index in [0.717, 1.165) is 16.7 Å². The minimum atomic E-state index is -1.22. The Morgan fingerprint density at radius 2 is 1.50 bits per heavy atom. The molecule has 3 atom stereocenters. The Bertz CT molecular complexity index is 1070. The number of likely N-dealkylation sites (tertiary alicyclic amines) is 1. The molecule has 1 heterocycles. The van der Waals surface area contributed by atoms with Crippen molar-refractivity contribution in [2.24, 2.45) is 0 Å². The highest BCUT2D eigenvalue weighted by molar-refractivity contribution is 5.76. The third kappa shape index (κ3) is 4.36. The Labute approximate surface area is 187 Å². The minimum Gasteiger partial charge on any atom is -0.484 e. The maximum absolute atomic E-state index is 12.9. The molecule has 0 radical (unpaired) electrons. The lowest BCUT2D eigenvalue weighted by molar-refractivity contribution is -0.797. The van der Waals surface area contributed by atoms with Gasteiger partial charge in [0.2, 0.25) is 0 Å². The summed E-state index contributed by atoms with van der Waals surface area (Å²) >= 11 is 0. The summed E-state index contributed by atoms with van der Waals surface area (Å²) in [5.74, 6) is 0.643. The number of carbonyl (C=O) groups excluding carboxylic acids is 1. The van der Waals surface area contributed by atoms with Crippen LogP contribution in [0.3, 0.4) is 0 Å². The van der Waals surface area contributed by atoms with Crippen molar-refractivity contribution in [2.75, 3.05) is 6.54 Å². The van der Waals surface area contributed by atoms with Crippen molar-refractivity contribution in [3.05, 3.63) is 90.5 Å². The number of ether oxygens (including phenoxy) is 2. The van der Waals surface area contributed by atoms with Gasteiger partial charge in [-0.15, -0.1) is 4.48 Å². The number of imide groups is 1. The van der Waals surface area contributed by atoms with Gasteiger partial charge in [0.15, 0.2) is 6.10 Å². The zero-order valence-electron chi connectivity index (χ0n) is 17.9. The first-order valence-corrected chi connectivity index (χ1v) is 10.6. The molecule has 164 valence electrons. The highest BCUT2D eigenvalue weighted by atomic mass is 16.6. The zero-order valence-corrected chi connectivity index (χ0v) is 17.9. The number of carboxylic acid groups (broad SMARTS) is 1. The van der Waals surface area contributed by atoms with Crippen LogP contribution in [0.15, 0.2) is 84.9 Å². The van der Waals surface area contributed by atoms with Crippen molar-refractivity contribution in [1.82, 2.24) is 0 Å². The van der Waals surface area contributed by atoms with Gasteiger partial charge in [0.05, 0.1) is 0 Å². The van der Waals surface area contributed by atoms with Crippen LogP contribution in [0, 0.1) is 0 Å². The van der Waals surface area contributed by atoms with Crippen molar-refractivity contribution in [2.45, 2.75) is 32.1 Å². The predicted octanol–water partition coefficient (Wildman–Crippen LogP) is 5.72. The molecule has 1 aliphatic rings. The fraction of sp³-hybridized carbons (Fsp3) is 0.231. The van der Waals surface area contributed by atoms with Crippen LogP contribution >= 0.6 is 0 Å². The van der Waals surface area contributed by atoms with Gasteiger partial charge < -0.3 is 14.6 Å². The largest absolute Gasteiger partial charge is 0.527 e. The molecular weight excluding hydrogens is 406 g/mol. The number of carbonyl (C=O) groups is 2. The molecule has 1 saturated heterocycles. The van der Waals surface area contributed by atoms with Gasteiger partial charge in [-0.2, -0.15) is 9.59 Å². The minimum absolute atomic E-state index is 0.0184. The first-order chi connectivity index (χ1) is 15.5. The number of hydrogen-bond donors (Lipinski definition) is 1. The Kier molecular flexibility index (Phi) is 6.23. The molecule has 1 N–H and O–H groups in total. The lowest BCUT2D eigenvalue weighted by Crippen LogP contribution is -2.59. The van der Waals surface area contributed by atoms with Crippen LogP contribution in [0.4, 0.5) is 9.59 Å². The van der Waals surface area contributed by atoms with Gasteiger partial charge in [0.25, 0.3) is 0 Å². The Morgan fingerprint density at radius 1 is 0.906 bits per heavy atom. The topological polar surface area (TPSA) is 72.8 Å². The van der Waals surface area contributed by atoms with E-state index in [-0.39, 0.29) is 13.2 Å². The second-order valence-corrected chi connectivity index (χ2v) is 8.09. The smallest absolute Gasteiger partial charge is 0.484 e. The van der Waals surface area contributed by atoms with Crippen molar-refractivity contribution in [3.8, 4) is 16.9 Å². The second kappa shape index (κ2) is 9.24. The van der Waals surface area contributed by atoms with E-state index in [1.807, 2.05) is 84.9 Å². The van der Waals surface area contributed by atoms with Gasteiger partial charge in [-0.1, -0.05) is 72.8 Å². The van der Waals surface area contributed by atoms with E-state index in [9.17, 15) is 14.7 Å². The van der Waals surface area contributed by atoms with Crippen LogP contribution in [-0.4, -0.2) is 40.5 Å². The molecule has 0 unspecified atom stereocenters. The predicted molar refractivity (Wildman–Crippen MR) is 120 cm³/mol. The molecular formula is C26H26NO5+. The number of quaternary nitrogens is 1. The standard InChI is InChI=1S/C26H25NO5/c1-19-16-24(32-23-14-12-22(13-15-23)21-10-6-3-7-11-21)17-27(19,25(28)29)26(30)31-18-20-8-4-2-5-9-20/h2-15,19,24H,16-18H2,1H3/p+1/t19-,24-,27+/m1/s1. The lowest BCUT2D eigenvalue weighted by Gasteiger charge is -2.27. The monoisotopic (exact) mass is 432 g/mol. The molecule has 3 aromatic carbocycles. The molecule has 2 amide bonds. The van der Waals surface area contributed by atoms with Gasteiger partial charge in [0.1, 0.15) is 24.9 Å². The van der Waals surface area contributed by atoms with E-state index in [0.29, 0.717) is 12.2 Å². The third-order valence-corrected chi connectivity index (χ3v) is 5.98. The Hall–Kier alpha value is -3.64. The summed E-state index contributed by atoms with van der Waals surface area (Å²) in [6.45, 7) is 1.80. The van der Waals surface area contributed by atoms with E-state index in [1.54, 1.807) is 6.92 Å². The Morgan fingerprint density at radius 3 is 2.12 bits per heavy atom. The average molecular weight is 432 g/mol. The van der Waals surface area contributed by atoms with Gasteiger partial charge in [-0.3, -0.25) is 0 Å². The summed E-state index contributed by atoms with van der Waals surface area (Å²) < 4.78 is 10.7. The maximum atomic E-state index is 12.9. The van der Waals surface area contributed by atoms with Gasteiger partial charge in [-0.05, 0) is 35.7 Å². The van der Waals surface area contributed by atoms with Crippen LogP contribution < -0.4 is 4.74 Å². The summed E-state index contributed by atoms with van der Waals surface area (Å²) in [6.07, 6.45) is -1.96. The van der Waals surface area contributed by atoms with Crippen LogP contribution in [0.2, 0.25) is 0 Å². The fourth-order valence-electron chi connectivity index (χ4n) is 4.20. The van der Waals surface area contributed by atoms with E-state index in [2.05, 4.69) is 0 Å². The van der Waals surface area contributed by atoms with Crippen molar-refractivity contribution < 1.29 is 28.7 Å². The molecule has 0 aromatic heterocycles. The molecule has 0 aliphatic carbocycles. The summed E-state index contributed by atoms with van der Waals surface area (Å²) in [5.41, 5.74) is 2.98. The number of rotatable bonds is 5. The quantitative estimate of drug-likeness (QED) is 0.522. The molecule has 0 saturated carbocycles. The average Bonchev–Trinajstić information content (AvgIpc) is 3.16. The summed E-state index contributed by atoms with van der Waals surface area (Å²) in [5, 5.41) is 9.96. The van der Waals surface area contributed by atoms with Gasteiger partial charge in [-0.25, -0.2) is 0 Å². The molecule has 32 heavy (non-hydrogen) atoms. The molecule has 0 bridgehead atoms. The van der Waals surface area contributed by atoms with Crippen molar-refractivity contribution >= 4 is 12.2 Å². The van der Waals surface area contributed by atoms with E-state index in [4.69, 9.17) is 9.47 Å². The van der Waals surface area contributed by atoms with E-state index >= 15 is 0 Å². The van der Waals surface area contributed by atoms with Crippen LogP contribution in [-0.2, 0) is 11.3 Å². The maximum Gasteiger partial charge on any atom is 0.527 e. The highest BCUT2D eigenvalue weighted by Crippen LogP contribution is 2.32. The molecule has 6 nitrogen and oxygen atoms in total. The van der Waals surface area contributed by atoms with Crippen LogP contribution in [0.1, 0.15) is 18.9 Å². The van der Waals surface area contributed by atoms with Crippen LogP contribution in [0.5, 0.6) is 5.75 Å². The normalized spacial score (nSPS) is 22.3. The lowest BCUT2D eigenvalue weighted by atomic mass is 10.1. The molecule has 0 spiro atoms. The molecule has 1 fully saturated rings. The second-order valence-electron chi connectivity index (χ2n) is 8.09. The Balaban J connectivity index is 1.44. The number of hydrogen-bond acceptors (Lipinski definition) is 4. The summed E-state index contributed by atoms with van der Waals surface area (Å²) in [4.78, 5) is 25.1. The van der Waals surface area contributed by atoms with Crippen LogP contribution in [0.25, 0.3) is 11.1 Å². The van der Waals surface area contributed by atoms with Crippen molar-refractivity contribution in [1.29, 1.82) is 0 Å². The first kappa shape index (κ1) is 21.6. The van der Waals surface area contributed by atoms with Gasteiger partial charge >= 0.3 is 12.2 Å². The number of benzene rings is 3. The number of amides is 2. The SMILES string of the molecule is C[C@@H]1C[C@@H](Oc2ccc(-c3ccccc3)cc2)C[N@+]1(C(=O)O)C(=O)OCc1ccccc1. The molecule has 4 rings (SSSR count). The van der Waals surface area contributed by atoms with Crippen molar-refractivity contribution in [3.63, 3.8) is 0 Å². The van der Waals surface area contributed by atoms with Gasteiger partial charge in [0, 0.05) is 6.42 Å². The first-order valence-electron chi connectivity index (χ1n) is 10.6. The number of nitrogens with zero attached hydrogens (tertiary/aromatic N) is 1. The summed E-state index contributed by atoms with van der Waals surface area (Å²) in [7, 11) is 0. The summed E-state index contributed by atoms with van der Waals surface area (Å²) in [6, 6.07) is 26.4.